The Bertz CT molecular complexity index is 1170. The number of hydrogen-bond acceptors (Lipinski definition) is 7. The summed E-state index contributed by atoms with van der Waals surface area (Å²) in [5.74, 6) is 0.457. The summed E-state index contributed by atoms with van der Waals surface area (Å²) in [4.78, 5) is 8.30. The Morgan fingerprint density at radius 2 is 1.75 bits per heavy atom. The maximum atomic E-state index is 13.1. The van der Waals surface area contributed by atoms with Gasteiger partial charge in [0.15, 0.2) is 9.84 Å². The molecule has 3 aromatic rings. The molecule has 2 aromatic carbocycles. The van der Waals surface area contributed by atoms with E-state index in [9.17, 15) is 26.7 Å². The fourth-order valence-corrected chi connectivity index (χ4v) is 3.79. The number of halogens is 3. The van der Waals surface area contributed by atoms with E-state index in [2.05, 4.69) is 20.6 Å². The van der Waals surface area contributed by atoms with E-state index < -0.39 is 27.7 Å². The van der Waals surface area contributed by atoms with Crippen LogP contribution in [0.4, 0.5) is 30.6 Å². The summed E-state index contributed by atoms with van der Waals surface area (Å²) in [5.41, 5.74) is 0.147. The third-order valence-electron chi connectivity index (χ3n) is 4.40. The van der Waals surface area contributed by atoms with Gasteiger partial charge in [-0.3, -0.25) is 0 Å². The van der Waals surface area contributed by atoms with Crippen molar-refractivity contribution in [3.63, 3.8) is 0 Å². The number of sulfone groups is 1. The fourth-order valence-electron chi connectivity index (χ4n) is 2.99. The monoisotopic (exact) mass is 466 g/mol. The summed E-state index contributed by atoms with van der Waals surface area (Å²) in [6.45, 7) is -0.191. The van der Waals surface area contributed by atoms with Crippen molar-refractivity contribution in [2.24, 2.45) is 0 Å². The number of alkyl halides is 3. The number of rotatable bonds is 8. The average Bonchev–Trinajstić information content (AvgIpc) is 2.72. The van der Waals surface area contributed by atoms with Gasteiger partial charge >= 0.3 is 6.18 Å². The van der Waals surface area contributed by atoms with Crippen LogP contribution in [0.1, 0.15) is 22.8 Å². The van der Waals surface area contributed by atoms with Crippen molar-refractivity contribution in [2.45, 2.75) is 18.0 Å². The van der Waals surface area contributed by atoms with Crippen LogP contribution in [0.5, 0.6) is 0 Å². The van der Waals surface area contributed by atoms with Crippen LogP contribution in [0.15, 0.2) is 60.8 Å². The molecule has 0 amide bonds. The zero-order chi connectivity index (χ0) is 23.4. The molecule has 170 valence electrons. The molecular formula is C21H21F3N4O3S. The summed E-state index contributed by atoms with van der Waals surface area (Å²) in [6, 6.07) is 13.1. The van der Waals surface area contributed by atoms with Crippen LogP contribution in [0.25, 0.3) is 0 Å². The summed E-state index contributed by atoms with van der Waals surface area (Å²) in [5, 5.41) is 16.0. The quantitative estimate of drug-likeness (QED) is 0.462. The van der Waals surface area contributed by atoms with Crippen molar-refractivity contribution in [3.8, 4) is 0 Å². The van der Waals surface area contributed by atoms with Crippen LogP contribution in [0.3, 0.4) is 0 Å². The number of nitrogens with zero attached hydrogens (tertiary/aromatic N) is 2. The second-order valence-corrected chi connectivity index (χ2v) is 9.28. The maximum Gasteiger partial charge on any atom is 0.416 e. The van der Waals surface area contributed by atoms with Gasteiger partial charge in [0, 0.05) is 24.7 Å². The zero-order valence-corrected chi connectivity index (χ0v) is 17.8. The zero-order valence-electron chi connectivity index (χ0n) is 17.0. The molecule has 0 fully saturated rings. The van der Waals surface area contributed by atoms with Gasteiger partial charge in [0.2, 0.25) is 5.95 Å². The van der Waals surface area contributed by atoms with Gasteiger partial charge in [-0.15, -0.1) is 0 Å². The first-order valence-corrected chi connectivity index (χ1v) is 11.5. The van der Waals surface area contributed by atoms with Crippen LogP contribution < -0.4 is 10.6 Å². The molecule has 1 atom stereocenters. The molecule has 7 nitrogen and oxygen atoms in total. The maximum absolute atomic E-state index is 13.1. The Morgan fingerprint density at radius 1 is 1.06 bits per heavy atom. The molecule has 1 aromatic heterocycles. The molecule has 1 unspecified atom stereocenters. The van der Waals surface area contributed by atoms with Gasteiger partial charge in [-0.2, -0.15) is 18.2 Å². The van der Waals surface area contributed by atoms with Crippen molar-refractivity contribution in [2.75, 3.05) is 23.4 Å². The van der Waals surface area contributed by atoms with E-state index >= 15 is 0 Å². The fraction of sp³-hybridized carbons (Fsp3) is 0.238. The van der Waals surface area contributed by atoms with Crippen LogP contribution in [-0.4, -0.2) is 36.3 Å². The van der Waals surface area contributed by atoms with Gasteiger partial charge < -0.3 is 15.7 Å². The number of aliphatic hydroxyl groups excluding tert-OH is 1. The topological polar surface area (TPSA) is 104 Å². The molecule has 0 aliphatic carbocycles. The number of benzene rings is 2. The molecule has 0 aliphatic rings. The minimum absolute atomic E-state index is 0.0665. The molecule has 0 saturated carbocycles. The van der Waals surface area contributed by atoms with E-state index in [4.69, 9.17) is 0 Å². The first kappa shape index (κ1) is 23.5. The van der Waals surface area contributed by atoms with E-state index in [1.807, 2.05) is 0 Å². The second-order valence-electron chi connectivity index (χ2n) is 7.14. The Morgan fingerprint density at radius 3 is 2.41 bits per heavy atom. The first-order valence-electron chi connectivity index (χ1n) is 9.46. The smallest absolute Gasteiger partial charge is 0.387 e. The molecule has 1 heterocycles. The highest BCUT2D eigenvalue weighted by atomic mass is 32.2. The van der Waals surface area contributed by atoms with Crippen LogP contribution in [-0.2, 0) is 21.8 Å². The average molecular weight is 466 g/mol. The van der Waals surface area contributed by atoms with E-state index in [0.717, 1.165) is 12.3 Å². The molecule has 32 heavy (non-hydrogen) atoms. The molecule has 0 spiro atoms. The van der Waals surface area contributed by atoms with Gasteiger partial charge in [0.1, 0.15) is 5.82 Å². The SMILES string of the molecule is CS(=O)(=O)Cc1ccc(Nc2nccc(NCC(O)c3ccccc3C(F)(F)F)n2)cc1. The highest BCUT2D eigenvalue weighted by Gasteiger charge is 2.34. The highest BCUT2D eigenvalue weighted by molar-refractivity contribution is 7.89. The molecule has 3 N–H and O–H groups in total. The summed E-state index contributed by atoms with van der Waals surface area (Å²) in [6.07, 6.45) is -3.36. The number of nitrogens with one attached hydrogen (secondary N) is 2. The lowest BCUT2D eigenvalue weighted by Crippen LogP contribution is -2.18. The predicted molar refractivity (Wildman–Crippen MR) is 115 cm³/mol. The van der Waals surface area contributed by atoms with Crippen molar-refractivity contribution < 1.29 is 26.7 Å². The minimum atomic E-state index is -4.57. The molecule has 3 rings (SSSR count). The summed E-state index contributed by atoms with van der Waals surface area (Å²) >= 11 is 0. The molecule has 0 bridgehead atoms. The molecule has 0 aliphatic heterocycles. The van der Waals surface area contributed by atoms with E-state index in [-0.39, 0.29) is 23.8 Å². The van der Waals surface area contributed by atoms with E-state index in [1.165, 1.54) is 30.5 Å². The first-order chi connectivity index (χ1) is 15.0. The number of hydrogen-bond donors (Lipinski definition) is 3. The van der Waals surface area contributed by atoms with E-state index in [0.29, 0.717) is 17.1 Å². The molecular weight excluding hydrogens is 445 g/mol. The van der Waals surface area contributed by atoms with Gasteiger partial charge in [0.25, 0.3) is 0 Å². The Balaban J connectivity index is 1.65. The van der Waals surface area contributed by atoms with Crippen LogP contribution in [0, 0.1) is 0 Å². The third-order valence-corrected chi connectivity index (χ3v) is 5.25. The molecule has 11 heteroatoms. The molecule has 0 radical (unpaired) electrons. The van der Waals surface area contributed by atoms with E-state index in [1.54, 1.807) is 24.3 Å². The van der Waals surface area contributed by atoms with Crippen molar-refractivity contribution in [1.29, 1.82) is 0 Å². The molecule has 0 saturated heterocycles. The highest BCUT2D eigenvalue weighted by Crippen LogP contribution is 2.34. The van der Waals surface area contributed by atoms with Crippen molar-refractivity contribution >= 4 is 27.3 Å². The standard InChI is InChI=1S/C21H21F3N4O3S/c1-32(30,31)13-14-6-8-15(9-7-14)27-20-25-11-10-19(28-20)26-12-18(29)16-4-2-3-5-17(16)21(22,23)24/h2-11,18,29H,12-13H2,1H3,(H2,25,26,27,28). The van der Waals surface area contributed by atoms with Crippen molar-refractivity contribution in [1.82, 2.24) is 9.97 Å². The summed E-state index contributed by atoms with van der Waals surface area (Å²) in [7, 11) is -3.14. The van der Waals surface area contributed by atoms with Crippen LogP contribution in [0.2, 0.25) is 0 Å². The van der Waals surface area contributed by atoms with Gasteiger partial charge in [-0.05, 0) is 35.4 Å². The summed E-state index contributed by atoms with van der Waals surface area (Å²) < 4.78 is 62.2. The second kappa shape index (κ2) is 9.53. The Kier molecular flexibility index (Phi) is 6.99. The largest absolute Gasteiger partial charge is 0.416 e. The number of aliphatic hydroxyl groups is 1. The Hall–Kier alpha value is -3.18. The van der Waals surface area contributed by atoms with Crippen LogP contribution >= 0.6 is 0 Å². The van der Waals surface area contributed by atoms with Gasteiger partial charge in [-0.1, -0.05) is 30.3 Å². The lowest BCUT2D eigenvalue weighted by molar-refractivity contribution is -0.139. The lowest BCUT2D eigenvalue weighted by Gasteiger charge is -2.18. The lowest BCUT2D eigenvalue weighted by atomic mass is 10.0. The number of aromatic nitrogens is 2. The predicted octanol–water partition coefficient (Wildman–Crippen LogP) is 3.93. The van der Waals surface area contributed by atoms with Gasteiger partial charge in [-0.25, -0.2) is 13.4 Å². The Labute approximate surface area is 183 Å². The van der Waals surface area contributed by atoms with Crippen molar-refractivity contribution in [3.05, 3.63) is 77.5 Å². The normalized spacial score (nSPS) is 12.9. The van der Waals surface area contributed by atoms with Gasteiger partial charge in [0.05, 0.1) is 17.4 Å². The minimum Gasteiger partial charge on any atom is -0.387 e. The third kappa shape index (κ3) is 6.66. The number of anilines is 3.